The van der Waals surface area contributed by atoms with E-state index in [4.69, 9.17) is 4.74 Å². The van der Waals surface area contributed by atoms with E-state index in [-0.39, 0.29) is 12.0 Å². The van der Waals surface area contributed by atoms with Crippen molar-refractivity contribution in [1.82, 2.24) is 0 Å². The summed E-state index contributed by atoms with van der Waals surface area (Å²) in [6.07, 6.45) is 2.66. The Kier molecular flexibility index (Phi) is 6.80. The largest absolute Gasteiger partial charge is 0.491 e. The second kappa shape index (κ2) is 8.14. The number of anilines is 1. The third-order valence-corrected chi connectivity index (χ3v) is 2.86. The van der Waals surface area contributed by atoms with Gasteiger partial charge in [0, 0.05) is 17.4 Å². The lowest BCUT2D eigenvalue weighted by molar-refractivity contribution is -0.116. The van der Waals surface area contributed by atoms with Gasteiger partial charge in [-0.25, -0.2) is 0 Å². The summed E-state index contributed by atoms with van der Waals surface area (Å²) < 4.78 is 5.54. The summed E-state index contributed by atoms with van der Waals surface area (Å²) in [5, 5.41) is 3.82. The number of hydrogen-bond acceptors (Lipinski definition) is 2. The highest BCUT2D eigenvalue weighted by Gasteiger charge is 2.03. The topological polar surface area (TPSA) is 38.3 Å². The smallest absolute Gasteiger partial charge is 0.224 e. The van der Waals surface area contributed by atoms with E-state index in [1.54, 1.807) is 0 Å². The Labute approximate surface area is 117 Å². The lowest BCUT2D eigenvalue weighted by Crippen LogP contribution is -2.11. The molecule has 3 nitrogen and oxygen atoms in total. The minimum atomic E-state index is 0.0634. The maximum atomic E-state index is 11.6. The number of benzene rings is 1. The minimum Gasteiger partial charge on any atom is -0.491 e. The van der Waals surface area contributed by atoms with Gasteiger partial charge in [0.2, 0.25) is 5.91 Å². The van der Waals surface area contributed by atoms with Gasteiger partial charge >= 0.3 is 0 Å². The molecule has 0 fully saturated rings. The van der Waals surface area contributed by atoms with Crippen LogP contribution in [0, 0.1) is 0 Å². The fourth-order valence-electron chi connectivity index (χ4n) is 1.49. The molecule has 1 aromatic carbocycles. The normalized spacial score (nSPS) is 10.4. The zero-order valence-corrected chi connectivity index (χ0v) is 12.5. The molecule has 0 atom stereocenters. The van der Waals surface area contributed by atoms with Gasteiger partial charge in [-0.2, -0.15) is 0 Å². The Morgan fingerprint density at radius 1 is 1.28 bits per heavy atom. The van der Waals surface area contributed by atoms with Crippen LogP contribution >= 0.6 is 15.9 Å². The molecule has 18 heavy (non-hydrogen) atoms. The molecule has 0 unspecified atom stereocenters. The Morgan fingerprint density at radius 2 is 1.94 bits per heavy atom. The maximum Gasteiger partial charge on any atom is 0.224 e. The number of unbranched alkanes of at least 4 members (excludes halogenated alkanes) is 1. The van der Waals surface area contributed by atoms with Gasteiger partial charge in [-0.15, -0.1) is 0 Å². The van der Waals surface area contributed by atoms with Crippen molar-refractivity contribution in [2.24, 2.45) is 0 Å². The monoisotopic (exact) mass is 313 g/mol. The van der Waals surface area contributed by atoms with E-state index >= 15 is 0 Å². The van der Waals surface area contributed by atoms with Crippen LogP contribution in [0.25, 0.3) is 0 Å². The summed E-state index contributed by atoms with van der Waals surface area (Å²) in [5.74, 6) is 0.885. The number of ether oxygens (including phenoxy) is 1. The van der Waals surface area contributed by atoms with Crippen molar-refractivity contribution in [3.63, 3.8) is 0 Å². The van der Waals surface area contributed by atoms with Crippen molar-refractivity contribution in [1.29, 1.82) is 0 Å². The molecular weight excluding hydrogens is 294 g/mol. The van der Waals surface area contributed by atoms with Gasteiger partial charge in [0.05, 0.1) is 6.10 Å². The third kappa shape index (κ3) is 6.05. The highest BCUT2D eigenvalue weighted by atomic mass is 79.9. The van der Waals surface area contributed by atoms with Gasteiger partial charge in [-0.3, -0.25) is 4.79 Å². The van der Waals surface area contributed by atoms with Crippen LogP contribution in [0.5, 0.6) is 5.75 Å². The average molecular weight is 314 g/mol. The molecule has 0 radical (unpaired) electrons. The molecular formula is C14H20BrNO2. The SMILES string of the molecule is CC(C)Oc1ccc(NC(=O)CCCCBr)cc1. The van der Waals surface area contributed by atoms with Crippen LogP contribution in [0.15, 0.2) is 24.3 Å². The predicted molar refractivity (Wildman–Crippen MR) is 78.5 cm³/mol. The van der Waals surface area contributed by atoms with Crippen LogP contribution in [0.4, 0.5) is 5.69 Å². The molecule has 100 valence electrons. The van der Waals surface area contributed by atoms with Crippen molar-refractivity contribution in [3.8, 4) is 5.75 Å². The Balaban J connectivity index is 2.40. The van der Waals surface area contributed by atoms with E-state index in [0.717, 1.165) is 29.6 Å². The first-order valence-electron chi connectivity index (χ1n) is 6.24. The van der Waals surface area contributed by atoms with Crippen LogP contribution in [-0.4, -0.2) is 17.3 Å². The summed E-state index contributed by atoms with van der Waals surface area (Å²) >= 11 is 3.35. The Morgan fingerprint density at radius 3 is 2.50 bits per heavy atom. The number of carbonyl (C=O) groups is 1. The first-order chi connectivity index (χ1) is 8.61. The highest BCUT2D eigenvalue weighted by molar-refractivity contribution is 9.09. The van der Waals surface area contributed by atoms with E-state index in [9.17, 15) is 4.79 Å². The summed E-state index contributed by atoms with van der Waals surface area (Å²) in [7, 11) is 0. The summed E-state index contributed by atoms with van der Waals surface area (Å²) in [6.45, 7) is 3.97. The molecule has 0 saturated heterocycles. The van der Waals surface area contributed by atoms with Crippen molar-refractivity contribution in [2.45, 2.75) is 39.2 Å². The number of carbonyl (C=O) groups excluding carboxylic acids is 1. The van der Waals surface area contributed by atoms with E-state index in [2.05, 4.69) is 21.2 Å². The first kappa shape index (κ1) is 15.0. The van der Waals surface area contributed by atoms with Crippen LogP contribution in [0.3, 0.4) is 0 Å². The van der Waals surface area contributed by atoms with E-state index in [1.807, 2.05) is 38.1 Å². The molecule has 4 heteroatoms. The molecule has 1 aromatic rings. The lowest BCUT2D eigenvalue weighted by Gasteiger charge is -2.10. The standard InChI is InChI=1S/C14H20BrNO2/c1-11(2)18-13-8-6-12(7-9-13)16-14(17)5-3-4-10-15/h6-9,11H,3-5,10H2,1-2H3,(H,16,17). The molecule has 0 spiro atoms. The van der Waals surface area contributed by atoms with Crippen LogP contribution < -0.4 is 10.1 Å². The zero-order valence-electron chi connectivity index (χ0n) is 10.9. The predicted octanol–water partition coefficient (Wildman–Crippen LogP) is 3.98. The molecule has 0 heterocycles. The molecule has 0 aliphatic heterocycles. The lowest BCUT2D eigenvalue weighted by atomic mass is 10.2. The Bertz CT molecular complexity index is 363. The maximum absolute atomic E-state index is 11.6. The Hall–Kier alpha value is -1.03. The van der Waals surface area contributed by atoms with E-state index in [1.165, 1.54) is 0 Å². The summed E-state index contributed by atoms with van der Waals surface area (Å²) in [4.78, 5) is 11.6. The molecule has 0 aliphatic carbocycles. The zero-order chi connectivity index (χ0) is 13.4. The molecule has 1 N–H and O–H groups in total. The molecule has 0 aliphatic rings. The second-order valence-corrected chi connectivity index (χ2v) is 5.18. The van der Waals surface area contributed by atoms with E-state index in [0.29, 0.717) is 6.42 Å². The van der Waals surface area contributed by atoms with Gasteiger partial charge in [0.1, 0.15) is 5.75 Å². The summed E-state index contributed by atoms with van der Waals surface area (Å²) in [5.41, 5.74) is 0.815. The molecule has 1 amide bonds. The number of alkyl halides is 1. The van der Waals surface area contributed by atoms with E-state index < -0.39 is 0 Å². The minimum absolute atomic E-state index is 0.0634. The van der Waals surface area contributed by atoms with Crippen LogP contribution in [0.2, 0.25) is 0 Å². The van der Waals surface area contributed by atoms with Crippen LogP contribution in [0.1, 0.15) is 33.1 Å². The van der Waals surface area contributed by atoms with Gasteiger partial charge < -0.3 is 10.1 Å². The second-order valence-electron chi connectivity index (χ2n) is 4.39. The number of halogens is 1. The fourth-order valence-corrected chi connectivity index (χ4v) is 1.89. The van der Waals surface area contributed by atoms with Crippen LogP contribution in [-0.2, 0) is 4.79 Å². The van der Waals surface area contributed by atoms with Gasteiger partial charge in [-0.1, -0.05) is 15.9 Å². The molecule has 0 bridgehead atoms. The molecule has 0 aromatic heterocycles. The number of amides is 1. The third-order valence-electron chi connectivity index (χ3n) is 2.30. The summed E-state index contributed by atoms with van der Waals surface area (Å²) in [6, 6.07) is 7.46. The van der Waals surface area contributed by atoms with Crippen molar-refractivity contribution in [3.05, 3.63) is 24.3 Å². The van der Waals surface area contributed by atoms with Gasteiger partial charge in [0.25, 0.3) is 0 Å². The van der Waals surface area contributed by atoms with Crippen molar-refractivity contribution >= 4 is 27.5 Å². The molecule has 0 saturated carbocycles. The first-order valence-corrected chi connectivity index (χ1v) is 7.36. The van der Waals surface area contributed by atoms with Crippen molar-refractivity contribution < 1.29 is 9.53 Å². The highest BCUT2D eigenvalue weighted by Crippen LogP contribution is 2.17. The quantitative estimate of drug-likeness (QED) is 0.611. The van der Waals surface area contributed by atoms with Gasteiger partial charge in [-0.05, 0) is 51.0 Å². The average Bonchev–Trinajstić information content (AvgIpc) is 2.31. The fraction of sp³-hybridized carbons (Fsp3) is 0.500. The molecule has 1 rings (SSSR count). The number of hydrogen-bond donors (Lipinski definition) is 1. The number of rotatable bonds is 7. The number of nitrogens with one attached hydrogen (secondary N) is 1. The van der Waals surface area contributed by atoms with Gasteiger partial charge in [0.15, 0.2) is 0 Å². The van der Waals surface area contributed by atoms with Crippen molar-refractivity contribution in [2.75, 3.05) is 10.6 Å².